The molecule has 0 bridgehead atoms. The fourth-order valence-electron chi connectivity index (χ4n) is 2.42. The summed E-state index contributed by atoms with van der Waals surface area (Å²) in [6.45, 7) is 1.97. The summed E-state index contributed by atoms with van der Waals surface area (Å²) in [5, 5.41) is 4.46. The van der Waals surface area contributed by atoms with Crippen LogP contribution >= 0.6 is 15.9 Å². The van der Waals surface area contributed by atoms with Crippen LogP contribution in [-0.2, 0) is 0 Å². The van der Waals surface area contributed by atoms with Gasteiger partial charge in [0.15, 0.2) is 0 Å². The molecule has 0 radical (unpaired) electrons. The first-order chi connectivity index (χ1) is 9.65. The van der Waals surface area contributed by atoms with Gasteiger partial charge in [0.25, 0.3) is 0 Å². The molecule has 2 aromatic rings. The first-order valence-electron chi connectivity index (χ1n) is 6.93. The molecule has 20 heavy (non-hydrogen) atoms. The molecule has 0 amide bonds. The Morgan fingerprint density at radius 3 is 3.00 bits per heavy atom. The van der Waals surface area contributed by atoms with Crippen molar-refractivity contribution < 1.29 is 0 Å². The molecular weight excluding hydrogens is 316 g/mol. The molecule has 0 spiro atoms. The number of hydrogen-bond acceptors (Lipinski definition) is 4. The highest BCUT2D eigenvalue weighted by Gasteiger charge is 2.25. The maximum absolute atomic E-state index is 6.02. The third kappa shape index (κ3) is 2.88. The summed E-state index contributed by atoms with van der Waals surface area (Å²) in [5.41, 5.74) is 8.76. The van der Waals surface area contributed by atoms with Gasteiger partial charge >= 0.3 is 0 Å². The number of anilines is 2. The van der Waals surface area contributed by atoms with Gasteiger partial charge in [0.05, 0.1) is 11.2 Å². The van der Waals surface area contributed by atoms with Crippen molar-refractivity contribution in [2.24, 2.45) is 0 Å². The number of likely N-dealkylation sites (N-methyl/N-ethyl adjacent to an activating group) is 1. The molecule has 0 saturated heterocycles. The van der Waals surface area contributed by atoms with Crippen molar-refractivity contribution >= 4 is 38.2 Å². The Bertz CT molecular complexity index is 625. The Hall–Kier alpha value is -1.33. The molecule has 1 aromatic heterocycles. The molecule has 3 rings (SSSR count). The molecule has 106 valence electrons. The van der Waals surface area contributed by atoms with Crippen LogP contribution in [0.3, 0.4) is 0 Å². The van der Waals surface area contributed by atoms with Crippen molar-refractivity contribution in [2.75, 3.05) is 31.2 Å². The Morgan fingerprint density at radius 2 is 2.25 bits per heavy atom. The van der Waals surface area contributed by atoms with Crippen LogP contribution in [0.2, 0.25) is 0 Å². The van der Waals surface area contributed by atoms with E-state index in [0.717, 1.165) is 45.9 Å². The number of pyridine rings is 1. The highest BCUT2D eigenvalue weighted by molar-refractivity contribution is 9.10. The van der Waals surface area contributed by atoms with Crippen LogP contribution in [0.1, 0.15) is 12.8 Å². The number of halogens is 1. The van der Waals surface area contributed by atoms with Gasteiger partial charge in [-0.25, -0.2) is 0 Å². The van der Waals surface area contributed by atoms with E-state index in [2.05, 4.69) is 38.2 Å². The topological polar surface area (TPSA) is 54.2 Å². The Kier molecular flexibility index (Phi) is 3.81. The lowest BCUT2D eigenvalue weighted by molar-refractivity contribution is 0.337. The quantitative estimate of drug-likeness (QED) is 0.825. The van der Waals surface area contributed by atoms with Crippen LogP contribution in [0, 0.1) is 0 Å². The van der Waals surface area contributed by atoms with Crippen molar-refractivity contribution in [3.8, 4) is 0 Å². The van der Waals surface area contributed by atoms with Gasteiger partial charge in [-0.05, 0) is 54.0 Å². The van der Waals surface area contributed by atoms with Gasteiger partial charge in [0.2, 0.25) is 0 Å². The smallest absolute Gasteiger partial charge is 0.0954 e. The number of nitrogens with two attached hydrogens (primary N) is 1. The summed E-state index contributed by atoms with van der Waals surface area (Å²) in [5.74, 6) is 0. The van der Waals surface area contributed by atoms with Crippen LogP contribution in [-0.4, -0.2) is 36.1 Å². The van der Waals surface area contributed by atoms with Crippen molar-refractivity contribution in [3.63, 3.8) is 0 Å². The van der Waals surface area contributed by atoms with Gasteiger partial charge < -0.3 is 16.0 Å². The largest absolute Gasteiger partial charge is 0.398 e. The van der Waals surface area contributed by atoms with Crippen molar-refractivity contribution in [2.45, 2.75) is 18.9 Å². The molecule has 0 unspecified atom stereocenters. The highest BCUT2D eigenvalue weighted by Crippen LogP contribution is 2.29. The second-order valence-corrected chi connectivity index (χ2v) is 6.31. The molecule has 1 aliphatic carbocycles. The van der Waals surface area contributed by atoms with Crippen LogP contribution < -0.4 is 11.1 Å². The van der Waals surface area contributed by atoms with Gasteiger partial charge in [0, 0.05) is 40.9 Å². The third-order valence-electron chi connectivity index (χ3n) is 3.80. The average Bonchev–Trinajstić information content (AvgIpc) is 3.26. The number of benzene rings is 1. The van der Waals surface area contributed by atoms with Crippen LogP contribution in [0.25, 0.3) is 10.9 Å². The second-order valence-electron chi connectivity index (χ2n) is 5.39. The fraction of sp³-hybridized carbons (Fsp3) is 0.400. The van der Waals surface area contributed by atoms with E-state index in [1.54, 1.807) is 0 Å². The predicted molar refractivity (Wildman–Crippen MR) is 88.0 cm³/mol. The molecule has 0 atom stereocenters. The Labute approximate surface area is 127 Å². The van der Waals surface area contributed by atoms with Gasteiger partial charge in [-0.1, -0.05) is 0 Å². The minimum Gasteiger partial charge on any atom is -0.398 e. The normalized spacial score (nSPS) is 14.9. The maximum Gasteiger partial charge on any atom is 0.0954 e. The molecular formula is C15H19BrN4. The zero-order chi connectivity index (χ0) is 14.1. The lowest BCUT2D eigenvalue weighted by Gasteiger charge is -2.17. The number of aromatic nitrogens is 1. The zero-order valence-corrected chi connectivity index (χ0v) is 13.2. The highest BCUT2D eigenvalue weighted by atomic mass is 79.9. The van der Waals surface area contributed by atoms with Crippen LogP contribution in [0.4, 0.5) is 11.4 Å². The Balaban J connectivity index is 1.75. The van der Waals surface area contributed by atoms with Crippen LogP contribution in [0.15, 0.2) is 28.9 Å². The number of fused-ring (bicyclic) bond motifs is 1. The minimum atomic E-state index is 0.759. The lowest BCUT2D eigenvalue weighted by Crippen LogP contribution is -2.27. The number of rotatable bonds is 5. The minimum absolute atomic E-state index is 0.759. The lowest BCUT2D eigenvalue weighted by atomic mass is 10.1. The van der Waals surface area contributed by atoms with E-state index in [1.807, 2.05) is 24.4 Å². The molecule has 3 N–H and O–H groups in total. The van der Waals surface area contributed by atoms with Crippen molar-refractivity contribution in [1.29, 1.82) is 0 Å². The second kappa shape index (κ2) is 5.58. The van der Waals surface area contributed by atoms with E-state index >= 15 is 0 Å². The number of nitrogen functional groups attached to an aromatic ring is 1. The molecule has 1 aliphatic rings. The SMILES string of the molecule is CN(CCNc1ccc(N)c2cc(Br)cnc12)C1CC1. The van der Waals surface area contributed by atoms with E-state index in [-0.39, 0.29) is 0 Å². The van der Waals surface area contributed by atoms with E-state index in [1.165, 1.54) is 12.8 Å². The summed E-state index contributed by atoms with van der Waals surface area (Å²) >= 11 is 3.44. The average molecular weight is 335 g/mol. The summed E-state index contributed by atoms with van der Waals surface area (Å²) in [6, 6.07) is 6.76. The summed E-state index contributed by atoms with van der Waals surface area (Å²) < 4.78 is 0.947. The van der Waals surface area contributed by atoms with E-state index in [4.69, 9.17) is 5.73 Å². The van der Waals surface area contributed by atoms with Crippen molar-refractivity contribution in [1.82, 2.24) is 9.88 Å². The van der Waals surface area contributed by atoms with Crippen molar-refractivity contribution in [3.05, 3.63) is 28.9 Å². The first-order valence-corrected chi connectivity index (χ1v) is 7.72. The molecule has 5 heteroatoms. The zero-order valence-electron chi connectivity index (χ0n) is 11.6. The van der Waals surface area contributed by atoms with Gasteiger partial charge in [0.1, 0.15) is 0 Å². The molecule has 1 aromatic carbocycles. The number of nitrogens with one attached hydrogen (secondary N) is 1. The summed E-state index contributed by atoms with van der Waals surface area (Å²) in [4.78, 5) is 6.90. The summed E-state index contributed by atoms with van der Waals surface area (Å²) in [7, 11) is 2.19. The monoisotopic (exact) mass is 334 g/mol. The molecule has 1 fully saturated rings. The maximum atomic E-state index is 6.02. The van der Waals surface area contributed by atoms with E-state index in [9.17, 15) is 0 Å². The molecule has 1 saturated carbocycles. The number of nitrogens with zero attached hydrogens (tertiary/aromatic N) is 2. The van der Waals surface area contributed by atoms with E-state index < -0.39 is 0 Å². The third-order valence-corrected chi connectivity index (χ3v) is 4.23. The number of hydrogen-bond donors (Lipinski definition) is 2. The van der Waals surface area contributed by atoms with Gasteiger partial charge in [-0.2, -0.15) is 0 Å². The Morgan fingerprint density at radius 1 is 1.45 bits per heavy atom. The van der Waals surface area contributed by atoms with Crippen LogP contribution in [0.5, 0.6) is 0 Å². The van der Waals surface area contributed by atoms with E-state index in [0.29, 0.717) is 0 Å². The molecule has 0 aliphatic heterocycles. The van der Waals surface area contributed by atoms with Gasteiger partial charge in [-0.3, -0.25) is 4.98 Å². The van der Waals surface area contributed by atoms with Gasteiger partial charge in [-0.15, -0.1) is 0 Å². The summed E-state index contributed by atoms with van der Waals surface area (Å²) in [6.07, 6.45) is 4.50. The standard InChI is InChI=1S/C15H19BrN4/c1-20(11-2-3-11)7-6-18-14-5-4-13(17)12-8-10(16)9-19-15(12)14/h4-5,8-9,11,18H,2-3,6-7,17H2,1H3. The predicted octanol–water partition coefficient (Wildman–Crippen LogP) is 3.09. The first kappa shape index (κ1) is 13.6. The molecule has 4 nitrogen and oxygen atoms in total. The molecule has 1 heterocycles. The fourth-order valence-corrected chi connectivity index (χ4v) is 2.75.